The smallest absolute Gasteiger partial charge is 0.246 e. The van der Waals surface area contributed by atoms with Gasteiger partial charge in [-0.05, 0) is 43.7 Å². The molecule has 2 aromatic heterocycles. The van der Waals surface area contributed by atoms with Crippen molar-refractivity contribution in [1.82, 2.24) is 18.8 Å². The van der Waals surface area contributed by atoms with Crippen molar-refractivity contribution < 1.29 is 13.2 Å². The third kappa shape index (κ3) is 3.90. The summed E-state index contributed by atoms with van der Waals surface area (Å²) in [6, 6.07) is 11.0. The summed E-state index contributed by atoms with van der Waals surface area (Å²) in [5, 5.41) is 0. The lowest BCUT2D eigenvalue weighted by atomic mass is 10.2. The Kier molecular flexibility index (Phi) is 5.48. The summed E-state index contributed by atoms with van der Waals surface area (Å²) in [6.07, 6.45) is 3.87. The molecule has 3 heterocycles. The number of piperazine rings is 1. The van der Waals surface area contributed by atoms with Crippen LogP contribution in [-0.4, -0.2) is 60.5 Å². The first-order valence-corrected chi connectivity index (χ1v) is 11.2. The Balaban J connectivity index is 1.54. The van der Waals surface area contributed by atoms with Gasteiger partial charge in [-0.1, -0.05) is 6.07 Å². The zero-order valence-corrected chi connectivity index (χ0v) is 18.1. The van der Waals surface area contributed by atoms with E-state index in [0.717, 1.165) is 17.2 Å². The van der Waals surface area contributed by atoms with Crippen molar-refractivity contribution in [3.05, 3.63) is 60.2 Å². The van der Waals surface area contributed by atoms with Gasteiger partial charge >= 0.3 is 0 Å². The van der Waals surface area contributed by atoms with Crippen LogP contribution in [0.1, 0.15) is 11.4 Å². The number of sulfonamides is 1. The molecule has 158 valence electrons. The normalized spacial score (nSPS) is 15.4. The summed E-state index contributed by atoms with van der Waals surface area (Å²) in [7, 11) is -2.15. The van der Waals surface area contributed by atoms with Gasteiger partial charge in [-0.15, -0.1) is 0 Å². The fourth-order valence-corrected chi connectivity index (χ4v) is 5.26. The number of nitrogens with zero attached hydrogens (tertiary/aromatic N) is 5. The minimum Gasteiger partial charge on any atom is -0.495 e. The van der Waals surface area contributed by atoms with Crippen molar-refractivity contribution in [3.63, 3.8) is 0 Å². The summed E-state index contributed by atoms with van der Waals surface area (Å²) < 4.78 is 35.2. The van der Waals surface area contributed by atoms with Crippen LogP contribution in [0.5, 0.6) is 5.75 Å². The monoisotopic (exact) mass is 427 g/mol. The standard InChI is InChI=1S/C21H25N5O3S/c1-16-6-7-18(29-3)19(14-16)30(27,28)26-12-10-25(11-13-26)21-15-20(22-17(2)23-21)24-8-4-5-9-24/h4-9,14-15H,10-13H2,1-3H3. The fourth-order valence-electron chi connectivity index (χ4n) is 3.60. The van der Waals surface area contributed by atoms with E-state index in [-0.39, 0.29) is 4.90 Å². The molecule has 0 aliphatic carbocycles. The van der Waals surface area contributed by atoms with Gasteiger partial charge in [-0.2, -0.15) is 4.31 Å². The van der Waals surface area contributed by atoms with E-state index in [1.54, 1.807) is 12.1 Å². The molecular formula is C21H25N5O3S. The Morgan fingerprint density at radius 2 is 1.60 bits per heavy atom. The number of rotatable bonds is 5. The summed E-state index contributed by atoms with van der Waals surface area (Å²) in [5.41, 5.74) is 0.877. The number of aromatic nitrogens is 3. The molecule has 1 aromatic carbocycles. The number of hydrogen-bond donors (Lipinski definition) is 0. The van der Waals surface area contributed by atoms with Crippen LogP contribution < -0.4 is 9.64 Å². The van der Waals surface area contributed by atoms with E-state index < -0.39 is 10.0 Å². The van der Waals surface area contributed by atoms with Crippen molar-refractivity contribution in [2.45, 2.75) is 18.7 Å². The Hall–Kier alpha value is -2.91. The molecule has 1 saturated heterocycles. The summed E-state index contributed by atoms with van der Waals surface area (Å²) in [4.78, 5) is 11.4. The number of ether oxygens (including phenoxy) is 1. The van der Waals surface area contributed by atoms with Crippen molar-refractivity contribution in [3.8, 4) is 11.6 Å². The highest BCUT2D eigenvalue weighted by atomic mass is 32.2. The third-order valence-corrected chi connectivity index (χ3v) is 7.10. The first-order chi connectivity index (χ1) is 14.4. The van der Waals surface area contributed by atoms with Crippen molar-refractivity contribution in [2.24, 2.45) is 0 Å². The maximum Gasteiger partial charge on any atom is 0.246 e. The maximum atomic E-state index is 13.2. The molecule has 0 atom stereocenters. The Morgan fingerprint density at radius 3 is 2.27 bits per heavy atom. The number of hydrogen-bond acceptors (Lipinski definition) is 6. The predicted molar refractivity (Wildman–Crippen MR) is 115 cm³/mol. The van der Waals surface area contributed by atoms with Crippen LogP contribution in [-0.2, 0) is 10.0 Å². The molecular weight excluding hydrogens is 402 g/mol. The van der Waals surface area contributed by atoms with E-state index in [0.29, 0.717) is 37.8 Å². The minimum atomic E-state index is -3.64. The predicted octanol–water partition coefficient (Wildman–Crippen LogP) is 2.40. The SMILES string of the molecule is COc1ccc(C)cc1S(=O)(=O)N1CCN(c2cc(-n3cccc3)nc(C)n2)CC1. The van der Waals surface area contributed by atoms with E-state index in [1.807, 2.05) is 55.1 Å². The highest BCUT2D eigenvalue weighted by molar-refractivity contribution is 7.89. The maximum absolute atomic E-state index is 13.2. The van der Waals surface area contributed by atoms with Gasteiger partial charge in [0.05, 0.1) is 7.11 Å². The van der Waals surface area contributed by atoms with Crippen LogP contribution in [0.2, 0.25) is 0 Å². The first kappa shape index (κ1) is 20.4. The highest BCUT2D eigenvalue weighted by Crippen LogP contribution is 2.29. The van der Waals surface area contributed by atoms with Crippen LogP contribution in [0.4, 0.5) is 5.82 Å². The molecule has 0 spiro atoms. The zero-order valence-electron chi connectivity index (χ0n) is 17.3. The van der Waals surface area contributed by atoms with Gasteiger partial charge in [-0.25, -0.2) is 18.4 Å². The van der Waals surface area contributed by atoms with E-state index in [9.17, 15) is 8.42 Å². The number of methoxy groups -OCH3 is 1. The summed E-state index contributed by atoms with van der Waals surface area (Å²) in [6.45, 7) is 5.59. The average molecular weight is 428 g/mol. The molecule has 8 nitrogen and oxygen atoms in total. The quantitative estimate of drug-likeness (QED) is 0.622. The molecule has 9 heteroatoms. The van der Waals surface area contributed by atoms with Gasteiger partial charge in [0.2, 0.25) is 10.0 Å². The molecule has 1 fully saturated rings. The number of anilines is 1. The molecule has 3 aromatic rings. The van der Waals surface area contributed by atoms with Crippen LogP contribution in [0.15, 0.2) is 53.7 Å². The van der Waals surface area contributed by atoms with Gasteiger partial charge in [0, 0.05) is 44.6 Å². The summed E-state index contributed by atoms with van der Waals surface area (Å²) in [5.74, 6) is 2.64. The molecule has 0 bridgehead atoms. The Labute approximate surface area is 176 Å². The lowest BCUT2D eigenvalue weighted by Crippen LogP contribution is -2.49. The summed E-state index contributed by atoms with van der Waals surface area (Å²) >= 11 is 0. The highest BCUT2D eigenvalue weighted by Gasteiger charge is 2.31. The Morgan fingerprint density at radius 1 is 0.933 bits per heavy atom. The molecule has 0 amide bonds. The van der Waals surface area contributed by atoms with Crippen LogP contribution in [0.3, 0.4) is 0 Å². The second-order valence-electron chi connectivity index (χ2n) is 7.27. The van der Waals surface area contributed by atoms with Gasteiger partial charge in [0.25, 0.3) is 0 Å². The van der Waals surface area contributed by atoms with Gasteiger partial charge in [0.1, 0.15) is 28.1 Å². The molecule has 1 aliphatic rings. The van der Waals surface area contributed by atoms with E-state index in [4.69, 9.17) is 4.74 Å². The molecule has 0 N–H and O–H groups in total. The van der Waals surface area contributed by atoms with Crippen LogP contribution in [0.25, 0.3) is 5.82 Å². The number of aryl methyl sites for hydroxylation is 2. The largest absolute Gasteiger partial charge is 0.495 e. The molecule has 0 radical (unpaired) electrons. The lowest BCUT2D eigenvalue weighted by molar-refractivity contribution is 0.373. The zero-order chi connectivity index (χ0) is 21.3. The van der Waals surface area contributed by atoms with E-state index in [2.05, 4.69) is 14.9 Å². The number of benzene rings is 1. The van der Waals surface area contributed by atoms with Gasteiger partial charge < -0.3 is 14.2 Å². The second kappa shape index (κ2) is 8.08. The van der Waals surface area contributed by atoms with Crippen LogP contribution >= 0.6 is 0 Å². The third-order valence-electron chi connectivity index (χ3n) is 5.18. The Bertz CT molecular complexity index is 1140. The lowest BCUT2D eigenvalue weighted by Gasteiger charge is -2.35. The topological polar surface area (TPSA) is 80.6 Å². The molecule has 1 aliphatic heterocycles. The van der Waals surface area contributed by atoms with E-state index in [1.165, 1.54) is 11.4 Å². The van der Waals surface area contributed by atoms with Crippen LogP contribution in [0, 0.1) is 13.8 Å². The fraction of sp³-hybridized carbons (Fsp3) is 0.333. The second-order valence-corrected chi connectivity index (χ2v) is 9.17. The molecule has 4 rings (SSSR count). The van der Waals surface area contributed by atoms with Crippen molar-refractivity contribution in [2.75, 3.05) is 38.2 Å². The van der Waals surface area contributed by atoms with Gasteiger partial charge in [-0.3, -0.25) is 0 Å². The van der Waals surface area contributed by atoms with Gasteiger partial charge in [0.15, 0.2) is 0 Å². The average Bonchev–Trinajstić information content (AvgIpc) is 3.28. The molecule has 0 saturated carbocycles. The van der Waals surface area contributed by atoms with E-state index >= 15 is 0 Å². The van der Waals surface area contributed by atoms with Crippen molar-refractivity contribution >= 4 is 15.8 Å². The first-order valence-electron chi connectivity index (χ1n) is 9.77. The van der Waals surface area contributed by atoms with Crippen molar-refractivity contribution in [1.29, 1.82) is 0 Å². The molecule has 0 unspecified atom stereocenters. The molecule has 30 heavy (non-hydrogen) atoms. The minimum absolute atomic E-state index is 0.214.